The van der Waals surface area contributed by atoms with E-state index in [1.807, 2.05) is 24.3 Å². The molecule has 2 heterocycles. The SMILES string of the molecule is NCc1n[nH]c(=O)c2ccc(-c3cccnc3)cc12. The molecule has 19 heavy (non-hydrogen) atoms. The smallest absolute Gasteiger partial charge is 0.272 e. The molecule has 0 aliphatic carbocycles. The number of pyridine rings is 1. The summed E-state index contributed by atoms with van der Waals surface area (Å²) in [6, 6.07) is 9.46. The largest absolute Gasteiger partial charge is 0.325 e. The van der Waals surface area contributed by atoms with E-state index in [4.69, 9.17) is 5.73 Å². The Morgan fingerprint density at radius 1 is 1.16 bits per heavy atom. The van der Waals surface area contributed by atoms with Crippen molar-refractivity contribution in [3.8, 4) is 11.1 Å². The van der Waals surface area contributed by atoms with Gasteiger partial charge < -0.3 is 5.73 Å². The van der Waals surface area contributed by atoms with Gasteiger partial charge in [0.05, 0.1) is 11.1 Å². The molecule has 0 unspecified atom stereocenters. The number of rotatable bonds is 2. The lowest BCUT2D eigenvalue weighted by Gasteiger charge is -2.06. The summed E-state index contributed by atoms with van der Waals surface area (Å²) in [7, 11) is 0. The summed E-state index contributed by atoms with van der Waals surface area (Å²) in [6.07, 6.45) is 3.51. The van der Waals surface area contributed by atoms with E-state index in [9.17, 15) is 4.79 Å². The van der Waals surface area contributed by atoms with Crippen molar-refractivity contribution in [3.05, 3.63) is 58.8 Å². The number of nitrogens with one attached hydrogen (secondary N) is 1. The van der Waals surface area contributed by atoms with Gasteiger partial charge in [0.25, 0.3) is 5.56 Å². The van der Waals surface area contributed by atoms with Gasteiger partial charge in [-0.1, -0.05) is 12.1 Å². The molecule has 3 N–H and O–H groups in total. The lowest BCUT2D eigenvalue weighted by atomic mass is 10.0. The second kappa shape index (κ2) is 4.62. The predicted molar refractivity (Wildman–Crippen MR) is 73.5 cm³/mol. The molecular formula is C14H12N4O. The number of nitrogens with two attached hydrogens (primary N) is 1. The monoisotopic (exact) mass is 252 g/mol. The van der Waals surface area contributed by atoms with Crippen molar-refractivity contribution in [3.63, 3.8) is 0 Å². The Hall–Kier alpha value is -2.53. The van der Waals surface area contributed by atoms with Crippen LogP contribution in [0.5, 0.6) is 0 Å². The average Bonchev–Trinajstić information content (AvgIpc) is 2.48. The number of aromatic nitrogens is 3. The van der Waals surface area contributed by atoms with Crippen molar-refractivity contribution in [2.45, 2.75) is 6.54 Å². The second-order valence-corrected chi connectivity index (χ2v) is 4.21. The molecule has 0 amide bonds. The fourth-order valence-corrected chi connectivity index (χ4v) is 2.09. The third-order valence-electron chi connectivity index (χ3n) is 3.06. The predicted octanol–water partition coefficient (Wildman–Crippen LogP) is 1.44. The zero-order chi connectivity index (χ0) is 13.2. The first-order valence-electron chi connectivity index (χ1n) is 5.91. The zero-order valence-electron chi connectivity index (χ0n) is 10.1. The highest BCUT2D eigenvalue weighted by Crippen LogP contribution is 2.23. The molecule has 0 saturated carbocycles. The van der Waals surface area contributed by atoms with Crippen LogP contribution in [0.1, 0.15) is 5.69 Å². The second-order valence-electron chi connectivity index (χ2n) is 4.21. The Bertz CT molecular complexity index is 780. The number of fused-ring (bicyclic) bond motifs is 1. The van der Waals surface area contributed by atoms with Crippen molar-refractivity contribution in [1.82, 2.24) is 15.2 Å². The normalized spacial score (nSPS) is 10.8. The van der Waals surface area contributed by atoms with E-state index in [-0.39, 0.29) is 12.1 Å². The Morgan fingerprint density at radius 2 is 2.05 bits per heavy atom. The summed E-state index contributed by atoms with van der Waals surface area (Å²) in [5.74, 6) is 0. The Morgan fingerprint density at radius 3 is 2.79 bits per heavy atom. The summed E-state index contributed by atoms with van der Waals surface area (Å²) in [5, 5.41) is 7.82. The first-order valence-corrected chi connectivity index (χ1v) is 5.91. The molecule has 5 heteroatoms. The minimum Gasteiger partial charge on any atom is -0.325 e. The van der Waals surface area contributed by atoms with Crippen LogP contribution in [0.2, 0.25) is 0 Å². The lowest BCUT2D eigenvalue weighted by molar-refractivity contribution is 0.900. The summed E-state index contributed by atoms with van der Waals surface area (Å²) >= 11 is 0. The molecule has 0 bridgehead atoms. The molecule has 5 nitrogen and oxygen atoms in total. The quantitative estimate of drug-likeness (QED) is 0.722. The molecule has 0 fully saturated rings. The summed E-state index contributed by atoms with van der Waals surface area (Å²) in [6.45, 7) is 0.282. The van der Waals surface area contributed by atoms with Crippen LogP contribution in [0, 0.1) is 0 Å². The topological polar surface area (TPSA) is 84.7 Å². The van der Waals surface area contributed by atoms with Crippen molar-refractivity contribution in [2.75, 3.05) is 0 Å². The van der Waals surface area contributed by atoms with Crippen LogP contribution in [0.4, 0.5) is 0 Å². The lowest BCUT2D eigenvalue weighted by Crippen LogP contribution is -2.13. The van der Waals surface area contributed by atoms with Gasteiger partial charge in [0, 0.05) is 29.9 Å². The number of H-pyrrole nitrogens is 1. The third kappa shape index (κ3) is 2.00. The Kier molecular flexibility index (Phi) is 2.81. The highest BCUT2D eigenvalue weighted by molar-refractivity contribution is 5.88. The number of hydrogen-bond acceptors (Lipinski definition) is 4. The molecule has 0 atom stereocenters. The third-order valence-corrected chi connectivity index (χ3v) is 3.06. The Labute approximate surface area is 109 Å². The average molecular weight is 252 g/mol. The summed E-state index contributed by atoms with van der Waals surface area (Å²) in [4.78, 5) is 15.8. The highest BCUT2D eigenvalue weighted by atomic mass is 16.1. The van der Waals surface area contributed by atoms with Crippen LogP contribution in [0.25, 0.3) is 21.9 Å². The number of benzene rings is 1. The van der Waals surface area contributed by atoms with Gasteiger partial charge in [-0.25, -0.2) is 5.10 Å². The minimum atomic E-state index is -0.204. The van der Waals surface area contributed by atoms with E-state index in [0.717, 1.165) is 16.5 Å². The molecule has 1 aromatic carbocycles. The first kappa shape index (κ1) is 11.6. The van der Waals surface area contributed by atoms with E-state index in [2.05, 4.69) is 15.2 Å². The van der Waals surface area contributed by atoms with Crippen molar-refractivity contribution in [2.24, 2.45) is 5.73 Å². The minimum absolute atomic E-state index is 0.204. The highest BCUT2D eigenvalue weighted by Gasteiger charge is 2.07. The van der Waals surface area contributed by atoms with E-state index >= 15 is 0 Å². The molecule has 2 aromatic heterocycles. The maximum absolute atomic E-state index is 11.7. The van der Waals surface area contributed by atoms with Crippen LogP contribution in [-0.4, -0.2) is 15.2 Å². The molecular weight excluding hydrogens is 240 g/mol. The number of hydrogen-bond donors (Lipinski definition) is 2. The van der Waals surface area contributed by atoms with Gasteiger partial charge in [-0.15, -0.1) is 0 Å². The van der Waals surface area contributed by atoms with Gasteiger partial charge in [0.2, 0.25) is 0 Å². The molecule has 3 aromatic rings. The van der Waals surface area contributed by atoms with Crippen molar-refractivity contribution < 1.29 is 0 Å². The fraction of sp³-hybridized carbons (Fsp3) is 0.0714. The van der Waals surface area contributed by atoms with Crippen molar-refractivity contribution >= 4 is 10.8 Å². The molecule has 0 aliphatic heterocycles. The van der Waals surface area contributed by atoms with Gasteiger partial charge in [0.15, 0.2) is 0 Å². The maximum Gasteiger partial charge on any atom is 0.272 e. The van der Waals surface area contributed by atoms with E-state index in [0.29, 0.717) is 11.1 Å². The fourth-order valence-electron chi connectivity index (χ4n) is 2.09. The standard InChI is InChI=1S/C14H12N4O/c15-7-13-12-6-9(10-2-1-5-16-8-10)3-4-11(12)14(19)18-17-13/h1-6,8H,7,15H2,(H,18,19). The van der Waals surface area contributed by atoms with Gasteiger partial charge in [0.1, 0.15) is 0 Å². The molecule has 0 aliphatic rings. The number of nitrogens with zero attached hydrogens (tertiary/aromatic N) is 2. The maximum atomic E-state index is 11.7. The van der Waals surface area contributed by atoms with E-state index < -0.39 is 0 Å². The summed E-state index contributed by atoms with van der Waals surface area (Å²) in [5.41, 5.74) is 8.12. The number of aromatic amines is 1. The van der Waals surface area contributed by atoms with Crippen LogP contribution in [0.15, 0.2) is 47.5 Å². The van der Waals surface area contributed by atoms with Crippen LogP contribution < -0.4 is 11.3 Å². The van der Waals surface area contributed by atoms with Gasteiger partial charge in [-0.2, -0.15) is 5.10 Å². The molecule has 0 saturated heterocycles. The zero-order valence-corrected chi connectivity index (χ0v) is 10.1. The molecule has 94 valence electrons. The molecule has 0 spiro atoms. The van der Waals surface area contributed by atoms with Gasteiger partial charge >= 0.3 is 0 Å². The molecule has 3 rings (SSSR count). The Balaban J connectivity index is 2.29. The summed E-state index contributed by atoms with van der Waals surface area (Å²) < 4.78 is 0. The van der Waals surface area contributed by atoms with Crippen molar-refractivity contribution in [1.29, 1.82) is 0 Å². The first-order chi connectivity index (χ1) is 9.29. The van der Waals surface area contributed by atoms with Crippen LogP contribution >= 0.6 is 0 Å². The van der Waals surface area contributed by atoms with Crippen LogP contribution in [-0.2, 0) is 6.54 Å². The van der Waals surface area contributed by atoms with Gasteiger partial charge in [-0.3, -0.25) is 9.78 Å². The van der Waals surface area contributed by atoms with Gasteiger partial charge in [-0.05, 0) is 23.8 Å². The molecule has 0 radical (unpaired) electrons. The van der Waals surface area contributed by atoms with E-state index in [1.54, 1.807) is 18.5 Å². The van der Waals surface area contributed by atoms with Crippen LogP contribution in [0.3, 0.4) is 0 Å². The van der Waals surface area contributed by atoms with E-state index in [1.165, 1.54) is 0 Å².